The van der Waals surface area contributed by atoms with Crippen molar-refractivity contribution in [2.75, 3.05) is 13.2 Å². The zero-order valence-electron chi connectivity index (χ0n) is 55.5. The van der Waals surface area contributed by atoms with E-state index in [2.05, 4.69) is 55.6 Å². The molecule has 82 heavy (non-hydrogen) atoms. The molecule has 0 aliphatic heterocycles. The maximum Gasteiger partial charge on any atom is 0.305 e. The summed E-state index contributed by atoms with van der Waals surface area (Å²) in [4.78, 5) is 24.6. The minimum absolute atomic E-state index is 0.000187. The maximum atomic E-state index is 12.6. The largest absolute Gasteiger partial charge is 0.466 e. The van der Waals surface area contributed by atoms with E-state index >= 15 is 0 Å². The van der Waals surface area contributed by atoms with E-state index in [4.69, 9.17) is 4.74 Å². The first-order valence-electron chi connectivity index (χ1n) is 37.2. The number of nitrogens with one attached hydrogen (secondary N) is 1. The van der Waals surface area contributed by atoms with Gasteiger partial charge in [0.15, 0.2) is 0 Å². The van der Waals surface area contributed by atoms with Crippen LogP contribution in [-0.2, 0) is 14.3 Å². The number of allylic oxidation sites excluding steroid dienone is 6. The lowest BCUT2D eigenvalue weighted by Gasteiger charge is -2.22. The van der Waals surface area contributed by atoms with Crippen molar-refractivity contribution in [3.05, 3.63) is 36.5 Å². The van der Waals surface area contributed by atoms with E-state index < -0.39 is 12.1 Å². The molecule has 2 atom stereocenters. The Hall–Kier alpha value is -1.92. The minimum Gasteiger partial charge on any atom is -0.466 e. The Kier molecular flexibility index (Phi) is 69.9. The van der Waals surface area contributed by atoms with E-state index in [1.54, 1.807) is 0 Å². The average molecular weight is 1150 g/mol. The van der Waals surface area contributed by atoms with Crippen LogP contribution in [0.4, 0.5) is 0 Å². The van der Waals surface area contributed by atoms with E-state index in [0.29, 0.717) is 25.9 Å². The fourth-order valence-corrected chi connectivity index (χ4v) is 11.7. The number of hydrogen-bond acceptors (Lipinski definition) is 5. The van der Waals surface area contributed by atoms with Crippen molar-refractivity contribution in [3.63, 3.8) is 0 Å². The summed E-state index contributed by atoms with van der Waals surface area (Å²) in [5, 5.41) is 23.5. The summed E-state index contributed by atoms with van der Waals surface area (Å²) in [6.45, 7) is 4.96. The van der Waals surface area contributed by atoms with E-state index in [9.17, 15) is 19.8 Å². The number of hydrogen-bond donors (Lipinski definition) is 3. The lowest BCUT2D eigenvalue weighted by Crippen LogP contribution is -2.45. The van der Waals surface area contributed by atoms with E-state index in [0.717, 1.165) is 51.4 Å². The maximum absolute atomic E-state index is 12.6. The number of carbonyl (C=O) groups excluding carboxylic acids is 2. The molecule has 1 amide bonds. The lowest BCUT2D eigenvalue weighted by atomic mass is 10.0. The van der Waals surface area contributed by atoms with Gasteiger partial charge in [-0.05, 0) is 83.5 Å². The standard InChI is InChI=1S/C76H145NO5/c1-3-5-7-9-11-13-15-17-19-20-21-22-23-25-28-31-34-37-41-44-48-52-56-60-64-68-74(79)73(72-78)77-75(80)69-65-61-57-53-49-45-42-38-35-32-29-26-24-27-30-33-36-39-43-47-51-55-59-63-67-71-82-76(81)70-66-62-58-54-50-46-40-18-16-14-12-10-8-6-4-2/h12,14,18,26,29,40,73-74,78-79H,3-11,13,15-17,19-25,27-28,30-39,41-72H2,1-2H3,(H,77,80)/b14-12-,29-26-,40-18-. The Balaban J connectivity index is 3.40. The van der Waals surface area contributed by atoms with Gasteiger partial charge in [0.2, 0.25) is 5.91 Å². The van der Waals surface area contributed by atoms with Crippen molar-refractivity contribution >= 4 is 11.9 Å². The Morgan fingerprint density at radius 2 is 0.610 bits per heavy atom. The third-order valence-electron chi connectivity index (χ3n) is 17.4. The highest BCUT2D eigenvalue weighted by Crippen LogP contribution is 2.19. The highest BCUT2D eigenvalue weighted by atomic mass is 16.5. The van der Waals surface area contributed by atoms with Gasteiger partial charge >= 0.3 is 5.97 Å². The molecule has 0 radical (unpaired) electrons. The summed E-state index contributed by atoms with van der Waals surface area (Å²) in [5.41, 5.74) is 0. The smallest absolute Gasteiger partial charge is 0.305 e. The molecular formula is C76H145NO5. The van der Waals surface area contributed by atoms with Gasteiger partial charge in [-0.15, -0.1) is 0 Å². The van der Waals surface area contributed by atoms with Crippen LogP contribution in [0, 0.1) is 0 Å². The SMILES string of the molecule is CCCCC/C=C\C/C=C\CCCCCCCC(=O)OCCCCCCCCCCCCCC/C=C\CCCCCCCCCCCC(=O)NC(CO)C(O)CCCCCCCCCCCCCCCCCCCCCCCCCCC. The van der Waals surface area contributed by atoms with Crippen LogP contribution in [-0.4, -0.2) is 47.4 Å². The van der Waals surface area contributed by atoms with Crippen LogP contribution >= 0.6 is 0 Å². The van der Waals surface area contributed by atoms with Gasteiger partial charge in [0.05, 0.1) is 25.4 Å². The predicted molar refractivity (Wildman–Crippen MR) is 361 cm³/mol. The molecule has 0 bridgehead atoms. The molecule has 6 nitrogen and oxygen atoms in total. The van der Waals surface area contributed by atoms with Crippen LogP contribution in [0.3, 0.4) is 0 Å². The van der Waals surface area contributed by atoms with Gasteiger partial charge in [0, 0.05) is 12.8 Å². The summed E-state index contributed by atoms with van der Waals surface area (Å²) in [6.07, 6.45) is 92.0. The first-order valence-corrected chi connectivity index (χ1v) is 37.2. The van der Waals surface area contributed by atoms with Gasteiger partial charge in [-0.2, -0.15) is 0 Å². The number of aliphatic hydroxyl groups excluding tert-OH is 2. The molecule has 0 aliphatic carbocycles. The van der Waals surface area contributed by atoms with Crippen molar-refractivity contribution in [1.29, 1.82) is 0 Å². The summed E-state index contributed by atoms with van der Waals surface area (Å²) in [7, 11) is 0. The van der Waals surface area contributed by atoms with Crippen LogP contribution in [0.5, 0.6) is 0 Å². The fraction of sp³-hybridized carbons (Fsp3) is 0.895. The average Bonchev–Trinajstić information content (AvgIpc) is 3.48. The Morgan fingerprint density at radius 1 is 0.341 bits per heavy atom. The molecule has 0 aromatic carbocycles. The Morgan fingerprint density at radius 3 is 0.963 bits per heavy atom. The summed E-state index contributed by atoms with van der Waals surface area (Å²) in [5.74, 6) is -0.0332. The Bertz CT molecular complexity index is 1330. The molecule has 0 aromatic heterocycles. The molecule has 0 aliphatic rings. The van der Waals surface area contributed by atoms with Gasteiger partial charge in [-0.1, -0.05) is 352 Å². The van der Waals surface area contributed by atoms with Gasteiger partial charge in [-0.25, -0.2) is 0 Å². The molecule has 0 aromatic rings. The lowest BCUT2D eigenvalue weighted by molar-refractivity contribution is -0.143. The van der Waals surface area contributed by atoms with E-state index in [-0.39, 0.29) is 18.5 Å². The summed E-state index contributed by atoms with van der Waals surface area (Å²) < 4.78 is 5.49. The zero-order chi connectivity index (χ0) is 59.2. The van der Waals surface area contributed by atoms with Gasteiger partial charge < -0.3 is 20.3 Å². The molecule has 6 heteroatoms. The van der Waals surface area contributed by atoms with Crippen LogP contribution < -0.4 is 5.32 Å². The third-order valence-corrected chi connectivity index (χ3v) is 17.4. The second-order valence-electron chi connectivity index (χ2n) is 25.6. The van der Waals surface area contributed by atoms with Crippen LogP contribution in [0.2, 0.25) is 0 Å². The van der Waals surface area contributed by atoms with Crippen molar-refractivity contribution in [2.45, 2.75) is 424 Å². The minimum atomic E-state index is -0.668. The van der Waals surface area contributed by atoms with Crippen molar-refractivity contribution < 1.29 is 24.5 Å². The molecule has 0 heterocycles. The fourth-order valence-electron chi connectivity index (χ4n) is 11.7. The van der Waals surface area contributed by atoms with Gasteiger partial charge in [-0.3, -0.25) is 9.59 Å². The molecule has 0 spiro atoms. The molecule has 3 N–H and O–H groups in total. The number of carbonyl (C=O) groups is 2. The quantitative estimate of drug-likeness (QED) is 0.0320. The number of ether oxygens (including phenoxy) is 1. The highest BCUT2D eigenvalue weighted by molar-refractivity contribution is 5.76. The van der Waals surface area contributed by atoms with Gasteiger partial charge in [0.1, 0.15) is 0 Å². The molecule has 0 saturated heterocycles. The van der Waals surface area contributed by atoms with Crippen molar-refractivity contribution in [2.24, 2.45) is 0 Å². The molecule has 0 rings (SSSR count). The number of amides is 1. The van der Waals surface area contributed by atoms with Crippen LogP contribution in [0.25, 0.3) is 0 Å². The summed E-state index contributed by atoms with van der Waals surface area (Å²) in [6, 6.07) is -0.546. The molecule has 0 fully saturated rings. The number of esters is 1. The summed E-state index contributed by atoms with van der Waals surface area (Å²) >= 11 is 0. The van der Waals surface area contributed by atoms with Crippen LogP contribution in [0.1, 0.15) is 412 Å². The first kappa shape index (κ1) is 80.1. The van der Waals surface area contributed by atoms with Crippen LogP contribution in [0.15, 0.2) is 36.5 Å². The second kappa shape index (κ2) is 71.6. The third kappa shape index (κ3) is 67.2. The monoisotopic (exact) mass is 1150 g/mol. The molecule has 2 unspecified atom stereocenters. The highest BCUT2D eigenvalue weighted by Gasteiger charge is 2.20. The predicted octanol–water partition coefficient (Wildman–Crippen LogP) is 24.3. The second-order valence-corrected chi connectivity index (χ2v) is 25.6. The number of unbranched alkanes of at least 4 members (excludes halogenated alkanes) is 53. The number of rotatable bonds is 70. The van der Waals surface area contributed by atoms with E-state index in [1.165, 1.54) is 327 Å². The topological polar surface area (TPSA) is 95.9 Å². The van der Waals surface area contributed by atoms with E-state index in [1.807, 2.05) is 0 Å². The normalized spacial score (nSPS) is 12.7. The van der Waals surface area contributed by atoms with Crippen molar-refractivity contribution in [3.8, 4) is 0 Å². The number of aliphatic hydroxyl groups is 2. The first-order chi connectivity index (χ1) is 40.5. The molecule has 0 saturated carbocycles. The zero-order valence-corrected chi connectivity index (χ0v) is 55.5. The van der Waals surface area contributed by atoms with Gasteiger partial charge in [0.25, 0.3) is 0 Å². The molecule has 484 valence electrons. The van der Waals surface area contributed by atoms with Crippen molar-refractivity contribution in [1.82, 2.24) is 5.32 Å². The Labute approximate surface area is 513 Å². The molecular weight excluding hydrogens is 1010 g/mol.